The van der Waals surface area contributed by atoms with E-state index in [9.17, 15) is 87.8 Å². The molecule has 0 aliphatic carbocycles. The average Bonchev–Trinajstić information content (AvgIpc) is 0.671. The fourth-order valence-electron chi connectivity index (χ4n) is 9.26. The van der Waals surface area contributed by atoms with Crippen LogP contribution in [0.5, 0.6) is 11.5 Å². The summed E-state index contributed by atoms with van der Waals surface area (Å²) >= 11 is -1.45. The molecule has 0 aromatic heterocycles. The third-order valence-corrected chi connectivity index (χ3v) is 17.2. The van der Waals surface area contributed by atoms with E-state index in [4.69, 9.17) is 9.47 Å². The van der Waals surface area contributed by atoms with Gasteiger partial charge in [0.25, 0.3) is 0 Å². The third-order valence-electron chi connectivity index (χ3n) is 12.5. The van der Waals surface area contributed by atoms with Crippen LogP contribution in [0.25, 0.3) is 0 Å². The van der Waals surface area contributed by atoms with Crippen molar-refractivity contribution in [2.75, 3.05) is 13.2 Å². The Balaban J connectivity index is 0.000000302. The fourth-order valence-corrected chi connectivity index (χ4v) is 13.8. The van der Waals surface area contributed by atoms with Gasteiger partial charge < -0.3 is 0 Å². The van der Waals surface area contributed by atoms with E-state index in [1.807, 2.05) is 36.4 Å². The molecular weight excluding hydrogens is 1300 g/mol. The Bertz CT molecular complexity index is 3480. The Kier molecular flexibility index (Phi) is 18.6. The van der Waals surface area contributed by atoms with E-state index in [1.165, 1.54) is 13.4 Å². The van der Waals surface area contributed by atoms with E-state index >= 15 is 35.1 Å². The van der Waals surface area contributed by atoms with Crippen molar-refractivity contribution in [1.82, 2.24) is 0 Å². The maximum absolute atomic E-state index is 16.0. The molecule has 0 spiro atoms. The van der Waals surface area contributed by atoms with Crippen molar-refractivity contribution in [1.29, 1.82) is 0 Å². The number of para-hydroxylation sites is 2. The first-order chi connectivity index (χ1) is 40.0. The van der Waals surface area contributed by atoms with Crippen molar-refractivity contribution in [3.63, 3.8) is 0 Å². The molecule has 0 saturated heterocycles. The van der Waals surface area contributed by atoms with Crippen LogP contribution >= 0.6 is 0 Å². The molecule has 8 aromatic carbocycles. The van der Waals surface area contributed by atoms with Crippen molar-refractivity contribution in [3.8, 4) is 11.5 Å². The minimum absolute atomic E-state index is 0.508. The van der Waals surface area contributed by atoms with E-state index in [-0.39, 0.29) is 0 Å². The summed E-state index contributed by atoms with van der Waals surface area (Å²) in [6, 6.07) is 39.8. The van der Waals surface area contributed by atoms with Gasteiger partial charge in [0, 0.05) is 0 Å². The summed E-state index contributed by atoms with van der Waals surface area (Å²) in [7, 11) is 0. The predicted molar refractivity (Wildman–Crippen MR) is 251 cm³/mol. The number of rotatable bonds is 12. The molecule has 8 rings (SSSR count). The van der Waals surface area contributed by atoms with Gasteiger partial charge in [-0.05, 0) is 0 Å². The predicted octanol–water partition coefficient (Wildman–Crippen LogP) is 13.0. The van der Waals surface area contributed by atoms with Crippen LogP contribution in [0.4, 0.5) is 123 Å². The van der Waals surface area contributed by atoms with Crippen LogP contribution in [0.15, 0.2) is 115 Å². The standard InChI is InChI=1S/C28BF28.C26H23O2Se/c30-9-1(25(46,47)48)5(13(34)21(42)17(9)38)29(6-2(26(49,50)51)10(31)18(39)22(43)14(6)35,7-3(27(52,53)54)11(32)19(40)23(44)15(7)36)8-4(28(55,56)57)12(33)20(41)24(45)16(8)37;1-4-12-22(13-5-1)27-20-21-28-25-18-10-11-19-26(25)29(23-14-6-2-7-15-23)24-16-8-3-9-17-24/h;1-19H,20-21H2/q-1;+1. The van der Waals surface area contributed by atoms with Crippen LogP contribution in [0.3, 0.4) is 0 Å². The van der Waals surface area contributed by atoms with E-state index in [1.54, 1.807) is 0 Å². The Morgan fingerprint density at radius 2 is 0.523 bits per heavy atom. The zero-order chi connectivity index (χ0) is 64.1. The van der Waals surface area contributed by atoms with E-state index < -0.39 is 182 Å². The van der Waals surface area contributed by atoms with Gasteiger partial charge in [0.15, 0.2) is 69.8 Å². The van der Waals surface area contributed by atoms with Gasteiger partial charge in [-0.2, -0.15) is 52.7 Å². The number of alkyl halides is 12. The van der Waals surface area contributed by atoms with Gasteiger partial charge in [0.05, 0.1) is 22.3 Å². The monoisotopic (exact) mass is 1330 g/mol. The van der Waals surface area contributed by atoms with E-state index in [0.717, 1.165) is 11.5 Å². The Morgan fingerprint density at radius 3 is 0.814 bits per heavy atom. The number of hydrogen-bond acceptors (Lipinski definition) is 2. The van der Waals surface area contributed by atoms with Crippen LogP contribution in [0.1, 0.15) is 22.3 Å². The zero-order valence-electron chi connectivity index (χ0n) is 41.3. The summed E-state index contributed by atoms with van der Waals surface area (Å²) in [5.74, 6) is -68.0. The number of halogens is 28. The summed E-state index contributed by atoms with van der Waals surface area (Å²) in [4.78, 5) is 0. The minimum atomic E-state index is -8.89. The van der Waals surface area contributed by atoms with Gasteiger partial charge in [-0.15, -0.1) is 21.9 Å². The van der Waals surface area contributed by atoms with Crippen molar-refractivity contribution >= 4 is 55.3 Å². The van der Waals surface area contributed by atoms with Gasteiger partial charge in [-0.25, -0.2) is 70.2 Å². The van der Waals surface area contributed by atoms with E-state index in [0.29, 0.717) is 13.2 Å². The van der Waals surface area contributed by atoms with Gasteiger partial charge in [0.2, 0.25) is 0 Å². The Hall–Kier alpha value is -8.02. The molecule has 86 heavy (non-hydrogen) atoms. The summed E-state index contributed by atoms with van der Waals surface area (Å²) in [5, 5.41) is 0. The molecule has 0 aliphatic rings. The first-order valence-corrected chi connectivity index (χ1v) is 25.7. The topological polar surface area (TPSA) is 18.5 Å². The summed E-state index contributed by atoms with van der Waals surface area (Å²) in [6.07, 6.45) is -39.5. The third kappa shape index (κ3) is 11.8. The molecule has 0 aliphatic heterocycles. The SMILES string of the molecule is Fc1c(F)c(F)c(C(F)(F)F)c([B-](c2c(F)c(F)c(F)c(F)c2C(F)(F)F)(c2c(F)c(F)c(F)c(F)c2C(F)(F)F)c2c(F)c(F)c(F)c(F)c2C(F)(F)F)c1F.c1ccc(OCCOc2ccccc2[Se+](c2ccccc2)c2ccccc2)cc1. The van der Waals surface area contributed by atoms with Crippen molar-refractivity contribution in [2.24, 2.45) is 0 Å². The molecule has 0 radical (unpaired) electrons. The molecule has 0 atom stereocenters. The normalized spacial score (nSPS) is 12.4. The molecule has 0 saturated carbocycles. The molecule has 0 fully saturated rings. The molecule has 0 bridgehead atoms. The van der Waals surface area contributed by atoms with Crippen molar-refractivity contribution in [3.05, 3.63) is 231 Å². The fraction of sp³-hybridized carbons (Fsp3) is 0.111. The van der Waals surface area contributed by atoms with E-state index in [2.05, 4.69) is 78.9 Å². The van der Waals surface area contributed by atoms with Gasteiger partial charge in [-0.3, -0.25) is 0 Å². The summed E-state index contributed by atoms with van der Waals surface area (Å²) in [5.41, 5.74) is -38.1. The van der Waals surface area contributed by atoms with Crippen LogP contribution in [-0.4, -0.2) is 33.3 Å². The van der Waals surface area contributed by atoms with Crippen LogP contribution in [-0.2, 0) is 24.7 Å². The second-order valence-electron chi connectivity index (χ2n) is 17.4. The van der Waals surface area contributed by atoms with Gasteiger partial charge >= 0.3 is 201 Å². The number of ether oxygens (including phenoxy) is 2. The molecule has 2 nitrogen and oxygen atoms in total. The zero-order valence-corrected chi connectivity index (χ0v) is 43.0. The van der Waals surface area contributed by atoms with Gasteiger partial charge in [-0.1, -0.05) is 0 Å². The average molecular weight is 1330 g/mol. The molecule has 456 valence electrons. The first-order valence-electron chi connectivity index (χ1n) is 23.1. The molecule has 32 heteroatoms. The molecule has 0 amide bonds. The number of hydrogen-bond donors (Lipinski definition) is 0. The van der Waals surface area contributed by atoms with Crippen LogP contribution in [0, 0.1) is 93.1 Å². The first kappa shape index (κ1) is 65.5. The van der Waals surface area contributed by atoms with Crippen LogP contribution in [0.2, 0.25) is 0 Å². The second-order valence-corrected chi connectivity index (χ2v) is 21.6. The quantitative estimate of drug-likeness (QED) is 0.0399. The Morgan fingerprint density at radius 1 is 0.279 bits per heavy atom. The molecule has 0 unspecified atom stereocenters. The van der Waals surface area contributed by atoms with Crippen LogP contribution < -0.4 is 44.7 Å². The summed E-state index contributed by atoms with van der Waals surface area (Å²) < 4.78 is 433. The van der Waals surface area contributed by atoms with Gasteiger partial charge in [0.1, 0.15) is 29.4 Å². The summed E-state index contributed by atoms with van der Waals surface area (Å²) in [6.45, 7) is 1.02. The molecular formula is C54H23BF28O2Se. The Labute approximate surface area is 466 Å². The van der Waals surface area contributed by atoms with Crippen molar-refractivity contribution < 1.29 is 132 Å². The second kappa shape index (κ2) is 24.4. The molecule has 0 N–H and O–H groups in total. The number of benzene rings is 8. The molecule has 0 heterocycles. The van der Waals surface area contributed by atoms with Crippen molar-refractivity contribution in [2.45, 2.75) is 24.7 Å². The molecule has 8 aromatic rings. The maximum atomic E-state index is 16.0.